The molecule has 1 heterocycles. The number of nitrogens with one attached hydrogen (secondary N) is 2. The van der Waals surface area contributed by atoms with Crippen LogP contribution < -0.4 is 10.9 Å². The number of carbonyl (C=O) groups is 1. The maximum Gasteiger partial charge on any atom is 0.251 e. The van der Waals surface area contributed by atoms with Crippen LogP contribution >= 0.6 is 27.7 Å². The lowest BCUT2D eigenvalue weighted by Gasteiger charge is -2.07. The van der Waals surface area contributed by atoms with Gasteiger partial charge in [-0.3, -0.25) is 9.59 Å². The summed E-state index contributed by atoms with van der Waals surface area (Å²) in [4.78, 5) is 30.7. The quantitative estimate of drug-likeness (QED) is 0.554. The molecule has 0 unspecified atom stereocenters. The fourth-order valence-electron chi connectivity index (χ4n) is 1.92. The van der Waals surface area contributed by atoms with Gasteiger partial charge >= 0.3 is 0 Å². The van der Waals surface area contributed by atoms with Gasteiger partial charge < -0.3 is 10.3 Å². The lowest BCUT2D eigenvalue weighted by molar-refractivity contribution is -0.113. The normalized spacial score (nSPS) is 10.5. The molecule has 1 amide bonds. The molecule has 2 rings (SSSR count). The lowest BCUT2D eigenvalue weighted by atomic mass is 10.2. The van der Waals surface area contributed by atoms with Gasteiger partial charge in [0.2, 0.25) is 5.91 Å². The highest BCUT2D eigenvalue weighted by atomic mass is 79.9. The molecule has 122 valence electrons. The van der Waals surface area contributed by atoms with Crippen molar-refractivity contribution in [2.24, 2.45) is 0 Å². The average Bonchev–Trinajstić information content (AvgIpc) is 2.53. The predicted molar refractivity (Wildman–Crippen MR) is 97.0 cm³/mol. The number of thioether (sulfide) groups is 1. The van der Waals surface area contributed by atoms with Crippen LogP contribution in [0.4, 0.5) is 5.69 Å². The molecule has 1 aromatic heterocycles. The van der Waals surface area contributed by atoms with E-state index in [2.05, 4.69) is 38.1 Å². The second-order valence-electron chi connectivity index (χ2n) is 4.96. The molecule has 0 spiro atoms. The second kappa shape index (κ2) is 8.88. The van der Waals surface area contributed by atoms with E-state index in [4.69, 9.17) is 0 Å². The van der Waals surface area contributed by atoms with E-state index in [0.717, 1.165) is 35.1 Å². The van der Waals surface area contributed by atoms with Crippen molar-refractivity contribution in [2.75, 3.05) is 11.1 Å². The van der Waals surface area contributed by atoms with E-state index in [0.29, 0.717) is 5.16 Å². The van der Waals surface area contributed by atoms with Crippen LogP contribution in [0.3, 0.4) is 0 Å². The number of unbranched alkanes of at least 4 members (excludes halogenated alkanes) is 1. The van der Waals surface area contributed by atoms with Crippen LogP contribution in [0.5, 0.6) is 0 Å². The van der Waals surface area contributed by atoms with Crippen LogP contribution in [-0.2, 0) is 11.2 Å². The summed E-state index contributed by atoms with van der Waals surface area (Å²) in [5.41, 5.74) is 1.31. The van der Waals surface area contributed by atoms with E-state index in [1.807, 2.05) is 24.3 Å². The molecule has 1 aromatic carbocycles. The molecule has 0 atom stereocenters. The molecular weight excluding hydrogens is 378 g/mol. The fraction of sp³-hybridized carbons (Fsp3) is 0.312. The number of halogens is 1. The first-order valence-electron chi connectivity index (χ1n) is 7.36. The van der Waals surface area contributed by atoms with Gasteiger partial charge in [-0.1, -0.05) is 37.2 Å². The van der Waals surface area contributed by atoms with E-state index in [9.17, 15) is 9.59 Å². The number of H-pyrrole nitrogens is 1. The Bertz CT molecular complexity index is 733. The topological polar surface area (TPSA) is 74.8 Å². The first-order chi connectivity index (χ1) is 11.1. The smallest absolute Gasteiger partial charge is 0.251 e. The Morgan fingerprint density at radius 3 is 2.91 bits per heavy atom. The summed E-state index contributed by atoms with van der Waals surface area (Å²) >= 11 is 4.60. The molecule has 0 aliphatic rings. The SMILES string of the molecule is CCCCc1cc(=O)[nH]c(SCC(=O)Nc2ccccc2Br)n1. The van der Waals surface area contributed by atoms with Gasteiger partial charge in [0, 0.05) is 16.2 Å². The molecule has 0 saturated carbocycles. The summed E-state index contributed by atoms with van der Waals surface area (Å²) in [7, 11) is 0. The molecule has 0 bridgehead atoms. The molecule has 0 radical (unpaired) electrons. The van der Waals surface area contributed by atoms with Crippen molar-refractivity contribution in [3.63, 3.8) is 0 Å². The highest BCUT2D eigenvalue weighted by Crippen LogP contribution is 2.21. The van der Waals surface area contributed by atoms with Gasteiger partial charge in [-0.2, -0.15) is 0 Å². The van der Waals surface area contributed by atoms with E-state index >= 15 is 0 Å². The monoisotopic (exact) mass is 395 g/mol. The number of anilines is 1. The van der Waals surface area contributed by atoms with Crippen molar-refractivity contribution in [1.29, 1.82) is 0 Å². The summed E-state index contributed by atoms with van der Waals surface area (Å²) < 4.78 is 0.825. The number of para-hydroxylation sites is 1. The average molecular weight is 396 g/mol. The van der Waals surface area contributed by atoms with Crippen molar-refractivity contribution in [3.05, 3.63) is 50.9 Å². The maximum absolute atomic E-state index is 12.0. The maximum atomic E-state index is 12.0. The molecule has 7 heteroatoms. The van der Waals surface area contributed by atoms with Crippen molar-refractivity contribution >= 4 is 39.3 Å². The Hall–Kier alpha value is -1.60. The number of amides is 1. The molecule has 23 heavy (non-hydrogen) atoms. The summed E-state index contributed by atoms with van der Waals surface area (Å²) in [6, 6.07) is 8.92. The Balaban J connectivity index is 1.95. The molecule has 0 fully saturated rings. The largest absolute Gasteiger partial charge is 0.324 e. The molecule has 2 aromatic rings. The number of rotatable bonds is 7. The zero-order chi connectivity index (χ0) is 16.7. The van der Waals surface area contributed by atoms with Crippen LogP contribution in [0.2, 0.25) is 0 Å². The van der Waals surface area contributed by atoms with Crippen LogP contribution in [0.15, 0.2) is 44.8 Å². The first-order valence-corrected chi connectivity index (χ1v) is 9.13. The van der Waals surface area contributed by atoms with Gasteiger partial charge in [0.05, 0.1) is 11.4 Å². The van der Waals surface area contributed by atoms with Crippen molar-refractivity contribution < 1.29 is 4.79 Å². The Labute approximate surface area is 147 Å². The van der Waals surface area contributed by atoms with Crippen molar-refractivity contribution in [3.8, 4) is 0 Å². The van der Waals surface area contributed by atoms with Crippen LogP contribution in [0.1, 0.15) is 25.5 Å². The minimum atomic E-state index is -0.181. The van der Waals surface area contributed by atoms with Gasteiger partial charge in [-0.25, -0.2) is 4.98 Å². The highest BCUT2D eigenvalue weighted by Gasteiger charge is 2.08. The van der Waals surface area contributed by atoms with E-state index in [1.165, 1.54) is 17.8 Å². The number of hydrogen-bond acceptors (Lipinski definition) is 4. The number of aromatic nitrogens is 2. The third kappa shape index (κ3) is 5.84. The van der Waals surface area contributed by atoms with Gasteiger partial charge in [0.1, 0.15) is 0 Å². The van der Waals surface area contributed by atoms with Crippen LogP contribution in [-0.4, -0.2) is 21.6 Å². The van der Waals surface area contributed by atoms with E-state index in [-0.39, 0.29) is 17.2 Å². The number of carbonyl (C=O) groups excluding carboxylic acids is 1. The lowest BCUT2D eigenvalue weighted by Crippen LogP contribution is -2.16. The summed E-state index contributed by atoms with van der Waals surface area (Å²) in [6.07, 6.45) is 2.81. The second-order valence-corrected chi connectivity index (χ2v) is 6.78. The van der Waals surface area contributed by atoms with Gasteiger partial charge in [0.15, 0.2) is 5.16 Å². The van der Waals surface area contributed by atoms with Crippen LogP contribution in [0.25, 0.3) is 0 Å². The first kappa shape index (κ1) is 17.7. The van der Waals surface area contributed by atoms with Crippen molar-refractivity contribution in [1.82, 2.24) is 9.97 Å². The number of aryl methyl sites for hydroxylation is 1. The Kier molecular flexibility index (Phi) is 6.85. The fourth-order valence-corrected chi connectivity index (χ4v) is 3.00. The van der Waals surface area contributed by atoms with Crippen LogP contribution in [0, 0.1) is 0 Å². The molecule has 0 aliphatic heterocycles. The predicted octanol–water partition coefficient (Wildman–Crippen LogP) is 3.61. The van der Waals surface area contributed by atoms with Gasteiger partial charge in [0.25, 0.3) is 5.56 Å². The summed E-state index contributed by atoms with van der Waals surface area (Å²) in [5, 5.41) is 3.30. The zero-order valence-electron chi connectivity index (χ0n) is 12.8. The number of aromatic amines is 1. The summed E-state index contributed by atoms with van der Waals surface area (Å²) in [5.74, 6) is 0.0325. The molecule has 5 nitrogen and oxygen atoms in total. The molecule has 2 N–H and O–H groups in total. The highest BCUT2D eigenvalue weighted by molar-refractivity contribution is 9.10. The van der Waals surface area contributed by atoms with E-state index in [1.54, 1.807) is 0 Å². The molecule has 0 aliphatic carbocycles. The van der Waals surface area contributed by atoms with Crippen molar-refractivity contribution in [2.45, 2.75) is 31.3 Å². The molecule has 0 saturated heterocycles. The van der Waals surface area contributed by atoms with Gasteiger partial charge in [-0.05, 0) is 40.9 Å². The van der Waals surface area contributed by atoms with Gasteiger partial charge in [-0.15, -0.1) is 0 Å². The summed E-state index contributed by atoms with van der Waals surface area (Å²) in [6.45, 7) is 2.09. The third-order valence-electron chi connectivity index (χ3n) is 3.05. The standard InChI is InChI=1S/C16H18BrN3O2S/c1-2-3-6-11-9-14(21)20-16(18-11)23-10-15(22)19-13-8-5-4-7-12(13)17/h4-5,7-9H,2-3,6,10H2,1H3,(H,19,22)(H,18,20,21). The minimum Gasteiger partial charge on any atom is -0.324 e. The number of benzene rings is 1. The number of nitrogens with zero attached hydrogens (tertiary/aromatic N) is 1. The minimum absolute atomic E-state index is 0.150. The number of hydrogen-bond donors (Lipinski definition) is 2. The zero-order valence-corrected chi connectivity index (χ0v) is 15.2. The third-order valence-corrected chi connectivity index (χ3v) is 4.61. The van der Waals surface area contributed by atoms with E-state index < -0.39 is 0 Å². The Morgan fingerprint density at radius 1 is 1.39 bits per heavy atom. The Morgan fingerprint density at radius 2 is 2.17 bits per heavy atom. The molecular formula is C16H18BrN3O2S.